The second-order valence-electron chi connectivity index (χ2n) is 4.75. The number of likely N-dealkylation sites (N-methyl/N-ethyl adjacent to an activating group) is 1. The fourth-order valence-corrected chi connectivity index (χ4v) is 2.42. The Balaban J connectivity index is 2.13. The van der Waals surface area contributed by atoms with Crippen LogP contribution in [0.25, 0.3) is 0 Å². The summed E-state index contributed by atoms with van der Waals surface area (Å²) in [7, 11) is 4.19. The Labute approximate surface area is 95.9 Å². The van der Waals surface area contributed by atoms with Gasteiger partial charge in [0.1, 0.15) is 0 Å². The fourth-order valence-electron chi connectivity index (χ4n) is 2.42. The first-order chi connectivity index (χ1) is 7.58. The molecule has 88 valence electrons. The third kappa shape index (κ3) is 2.16. The standard InChI is InChI=1S/C12H18FN3/c1-9-7-16(8-11(9)15(2)3)10-4-5-14-12(13)6-10/h4-6,9,11H,7-8H2,1-3H3. The fraction of sp³-hybridized carbons (Fsp3) is 0.583. The van der Waals surface area contributed by atoms with E-state index in [0.717, 1.165) is 18.8 Å². The van der Waals surface area contributed by atoms with Gasteiger partial charge < -0.3 is 9.80 Å². The molecular formula is C12H18FN3. The largest absolute Gasteiger partial charge is 0.369 e. The monoisotopic (exact) mass is 223 g/mol. The number of halogens is 1. The number of rotatable bonds is 2. The minimum Gasteiger partial charge on any atom is -0.369 e. The number of hydrogen-bond acceptors (Lipinski definition) is 3. The molecule has 0 N–H and O–H groups in total. The zero-order valence-corrected chi connectivity index (χ0v) is 10.0. The van der Waals surface area contributed by atoms with Crippen molar-refractivity contribution >= 4 is 5.69 Å². The minimum atomic E-state index is -0.404. The first kappa shape index (κ1) is 11.3. The maximum Gasteiger partial charge on any atom is 0.214 e. The number of pyridine rings is 1. The lowest BCUT2D eigenvalue weighted by molar-refractivity contribution is 0.266. The second kappa shape index (κ2) is 4.37. The molecule has 2 unspecified atom stereocenters. The smallest absolute Gasteiger partial charge is 0.214 e. The van der Waals surface area contributed by atoms with Crippen LogP contribution in [0.2, 0.25) is 0 Å². The van der Waals surface area contributed by atoms with E-state index < -0.39 is 5.95 Å². The van der Waals surface area contributed by atoms with Gasteiger partial charge in [0.05, 0.1) is 0 Å². The molecule has 2 atom stereocenters. The molecule has 0 radical (unpaired) electrons. The quantitative estimate of drug-likeness (QED) is 0.710. The zero-order chi connectivity index (χ0) is 11.7. The van der Waals surface area contributed by atoms with Gasteiger partial charge in [-0.25, -0.2) is 4.98 Å². The van der Waals surface area contributed by atoms with Gasteiger partial charge in [0.25, 0.3) is 0 Å². The lowest BCUT2D eigenvalue weighted by Gasteiger charge is -2.22. The molecule has 1 aromatic rings. The van der Waals surface area contributed by atoms with E-state index in [-0.39, 0.29) is 0 Å². The molecule has 1 fully saturated rings. The van der Waals surface area contributed by atoms with E-state index in [1.807, 2.05) is 6.07 Å². The van der Waals surface area contributed by atoms with Gasteiger partial charge in [-0.05, 0) is 26.1 Å². The zero-order valence-electron chi connectivity index (χ0n) is 10.0. The molecule has 0 amide bonds. The molecule has 0 spiro atoms. The van der Waals surface area contributed by atoms with E-state index in [1.54, 1.807) is 0 Å². The van der Waals surface area contributed by atoms with Crippen molar-refractivity contribution in [2.45, 2.75) is 13.0 Å². The molecule has 1 aliphatic heterocycles. The van der Waals surface area contributed by atoms with Crippen LogP contribution in [0.4, 0.5) is 10.1 Å². The molecule has 4 heteroatoms. The van der Waals surface area contributed by atoms with E-state index in [1.165, 1.54) is 12.3 Å². The molecule has 2 rings (SSSR count). The molecule has 0 aromatic carbocycles. The Morgan fingerprint density at radius 3 is 2.75 bits per heavy atom. The van der Waals surface area contributed by atoms with Crippen LogP contribution in [-0.4, -0.2) is 43.1 Å². The average Bonchev–Trinajstić information content (AvgIpc) is 2.60. The second-order valence-corrected chi connectivity index (χ2v) is 4.75. The van der Waals surface area contributed by atoms with Crippen LogP contribution in [0.1, 0.15) is 6.92 Å². The molecule has 1 saturated heterocycles. The van der Waals surface area contributed by atoms with Crippen molar-refractivity contribution in [1.82, 2.24) is 9.88 Å². The highest BCUT2D eigenvalue weighted by Crippen LogP contribution is 2.25. The van der Waals surface area contributed by atoms with E-state index in [0.29, 0.717) is 12.0 Å². The summed E-state index contributed by atoms with van der Waals surface area (Å²) in [5, 5.41) is 0. The van der Waals surface area contributed by atoms with Crippen LogP contribution >= 0.6 is 0 Å². The number of hydrogen-bond donors (Lipinski definition) is 0. The molecule has 1 aliphatic rings. The molecule has 1 aromatic heterocycles. The van der Waals surface area contributed by atoms with Gasteiger partial charge in [0.15, 0.2) is 0 Å². The van der Waals surface area contributed by atoms with Gasteiger partial charge in [0, 0.05) is 37.1 Å². The lowest BCUT2D eigenvalue weighted by Crippen LogP contribution is -2.34. The van der Waals surface area contributed by atoms with E-state index >= 15 is 0 Å². The van der Waals surface area contributed by atoms with Crippen LogP contribution in [0, 0.1) is 11.9 Å². The number of aromatic nitrogens is 1. The van der Waals surface area contributed by atoms with Gasteiger partial charge in [0.2, 0.25) is 5.95 Å². The first-order valence-corrected chi connectivity index (χ1v) is 5.61. The molecule has 2 heterocycles. The number of anilines is 1. The maximum absolute atomic E-state index is 13.0. The van der Waals surface area contributed by atoms with Crippen molar-refractivity contribution in [1.29, 1.82) is 0 Å². The van der Waals surface area contributed by atoms with Crippen LogP contribution in [0.5, 0.6) is 0 Å². The molecule has 16 heavy (non-hydrogen) atoms. The summed E-state index contributed by atoms with van der Waals surface area (Å²) in [6, 6.07) is 3.91. The van der Waals surface area contributed by atoms with Gasteiger partial charge in [-0.15, -0.1) is 0 Å². The first-order valence-electron chi connectivity index (χ1n) is 5.61. The Morgan fingerprint density at radius 1 is 1.44 bits per heavy atom. The summed E-state index contributed by atoms with van der Waals surface area (Å²) in [5.41, 5.74) is 0.934. The predicted molar refractivity (Wildman–Crippen MR) is 63.0 cm³/mol. The summed E-state index contributed by atoms with van der Waals surface area (Å²) < 4.78 is 13.0. The predicted octanol–water partition coefficient (Wildman–Crippen LogP) is 1.61. The molecule has 0 aliphatic carbocycles. The van der Waals surface area contributed by atoms with Crippen molar-refractivity contribution in [3.8, 4) is 0 Å². The minimum absolute atomic E-state index is 0.404. The van der Waals surface area contributed by atoms with Crippen LogP contribution < -0.4 is 4.90 Å². The molecular weight excluding hydrogens is 205 g/mol. The maximum atomic E-state index is 13.0. The SMILES string of the molecule is CC1CN(c2ccnc(F)c2)CC1N(C)C. The Kier molecular flexibility index (Phi) is 3.10. The average molecular weight is 223 g/mol. The van der Waals surface area contributed by atoms with E-state index in [4.69, 9.17) is 0 Å². The lowest BCUT2D eigenvalue weighted by atomic mass is 10.1. The van der Waals surface area contributed by atoms with E-state index in [2.05, 4.69) is 35.8 Å². The van der Waals surface area contributed by atoms with Gasteiger partial charge in [-0.3, -0.25) is 0 Å². The number of nitrogens with zero attached hydrogens (tertiary/aromatic N) is 3. The summed E-state index contributed by atoms with van der Waals surface area (Å²) in [5.74, 6) is 0.199. The van der Waals surface area contributed by atoms with Gasteiger partial charge in [-0.2, -0.15) is 4.39 Å². The highest BCUT2D eigenvalue weighted by atomic mass is 19.1. The normalized spacial score (nSPS) is 25.4. The van der Waals surface area contributed by atoms with Crippen molar-refractivity contribution < 1.29 is 4.39 Å². The summed E-state index contributed by atoms with van der Waals surface area (Å²) in [6.07, 6.45) is 1.53. The summed E-state index contributed by atoms with van der Waals surface area (Å²) in [4.78, 5) is 8.04. The van der Waals surface area contributed by atoms with Crippen LogP contribution in [0.3, 0.4) is 0 Å². The van der Waals surface area contributed by atoms with Crippen LogP contribution in [0.15, 0.2) is 18.3 Å². The van der Waals surface area contributed by atoms with Crippen molar-refractivity contribution in [3.05, 3.63) is 24.3 Å². The Morgan fingerprint density at radius 2 is 2.19 bits per heavy atom. The third-order valence-corrected chi connectivity index (χ3v) is 3.31. The van der Waals surface area contributed by atoms with Crippen LogP contribution in [-0.2, 0) is 0 Å². The van der Waals surface area contributed by atoms with E-state index in [9.17, 15) is 4.39 Å². The highest BCUT2D eigenvalue weighted by Gasteiger charge is 2.31. The van der Waals surface area contributed by atoms with Crippen molar-refractivity contribution in [2.75, 3.05) is 32.1 Å². The Bertz CT molecular complexity index is 367. The summed E-state index contributed by atoms with van der Waals surface area (Å²) >= 11 is 0. The van der Waals surface area contributed by atoms with Gasteiger partial charge in [-0.1, -0.05) is 6.92 Å². The molecule has 0 saturated carbocycles. The summed E-state index contributed by atoms with van der Waals surface area (Å²) in [6.45, 7) is 4.17. The van der Waals surface area contributed by atoms with Gasteiger partial charge >= 0.3 is 0 Å². The van der Waals surface area contributed by atoms with Crippen molar-refractivity contribution in [3.63, 3.8) is 0 Å². The topological polar surface area (TPSA) is 19.4 Å². The Hall–Kier alpha value is -1.16. The molecule has 0 bridgehead atoms. The molecule has 3 nitrogen and oxygen atoms in total. The van der Waals surface area contributed by atoms with Crippen molar-refractivity contribution in [2.24, 2.45) is 5.92 Å². The highest BCUT2D eigenvalue weighted by molar-refractivity contribution is 5.46. The third-order valence-electron chi connectivity index (χ3n) is 3.31.